The number of hydrazine groups is 1. The number of nitrogens with two attached hydrogens (primary N) is 1. The number of rotatable bonds is 6. The number of nitrogen functional groups attached to an aromatic ring is 1. The molecule has 0 spiro atoms. The fourth-order valence-electron chi connectivity index (χ4n) is 1.92. The summed E-state index contributed by atoms with van der Waals surface area (Å²) in [4.78, 5) is 18.5. The van der Waals surface area contributed by atoms with Crippen LogP contribution in [0, 0.1) is 0 Å². The van der Waals surface area contributed by atoms with Crippen molar-refractivity contribution in [1.82, 2.24) is 9.88 Å². The molecule has 1 aromatic rings. The van der Waals surface area contributed by atoms with E-state index in [-0.39, 0.29) is 5.91 Å². The van der Waals surface area contributed by atoms with Gasteiger partial charge >= 0.3 is 0 Å². The van der Waals surface area contributed by atoms with Crippen LogP contribution in [0.15, 0.2) is 18.3 Å². The third kappa shape index (κ3) is 2.98. The molecule has 1 aromatic heterocycles. The van der Waals surface area contributed by atoms with Crippen LogP contribution in [0.5, 0.6) is 0 Å². The second-order valence-corrected chi connectivity index (χ2v) is 4.66. The fourth-order valence-corrected chi connectivity index (χ4v) is 1.92. The minimum absolute atomic E-state index is 0.0366. The summed E-state index contributed by atoms with van der Waals surface area (Å²) in [7, 11) is 0. The molecule has 0 unspecified atom stereocenters. The summed E-state index contributed by atoms with van der Waals surface area (Å²) in [6.07, 6.45) is 5.97. The van der Waals surface area contributed by atoms with Crippen LogP contribution in [0.2, 0.25) is 0 Å². The second-order valence-electron chi connectivity index (χ2n) is 4.66. The van der Waals surface area contributed by atoms with Crippen LogP contribution in [0.3, 0.4) is 0 Å². The Balaban J connectivity index is 2.06. The molecule has 1 aliphatic carbocycles. The number of hydrogen-bond acceptors (Lipinski definition) is 4. The minimum atomic E-state index is 0.0366. The zero-order chi connectivity index (χ0) is 13.0. The van der Waals surface area contributed by atoms with Gasteiger partial charge in [-0.15, -0.1) is 0 Å². The van der Waals surface area contributed by atoms with Crippen molar-refractivity contribution in [2.24, 2.45) is 5.84 Å². The molecule has 1 amide bonds. The zero-order valence-corrected chi connectivity index (χ0v) is 10.7. The minimum Gasteiger partial charge on any atom is -0.334 e. The first-order chi connectivity index (χ1) is 8.76. The van der Waals surface area contributed by atoms with Crippen LogP contribution in [0.25, 0.3) is 0 Å². The van der Waals surface area contributed by atoms with Crippen molar-refractivity contribution in [3.05, 3.63) is 24.0 Å². The summed E-state index contributed by atoms with van der Waals surface area (Å²) in [6.45, 7) is 2.97. The first-order valence-electron chi connectivity index (χ1n) is 6.50. The highest BCUT2D eigenvalue weighted by atomic mass is 16.2. The van der Waals surface area contributed by atoms with E-state index in [0.29, 0.717) is 17.4 Å². The van der Waals surface area contributed by atoms with Gasteiger partial charge in [0.25, 0.3) is 5.91 Å². The predicted molar refractivity (Wildman–Crippen MR) is 71.0 cm³/mol. The number of pyridine rings is 1. The van der Waals surface area contributed by atoms with Crippen LogP contribution in [-0.2, 0) is 0 Å². The van der Waals surface area contributed by atoms with Gasteiger partial charge in [-0.2, -0.15) is 0 Å². The summed E-state index contributed by atoms with van der Waals surface area (Å²) < 4.78 is 0. The summed E-state index contributed by atoms with van der Waals surface area (Å²) in [5, 5.41) is 0. The van der Waals surface area contributed by atoms with Gasteiger partial charge in [0.05, 0.1) is 11.9 Å². The van der Waals surface area contributed by atoms with Gasteiger partial charge in [0.1, 0.15) is 5.69 Å². The molecule has 5 nitrogen and oxygen atoms in total. The molecule has 0 atom stereocenters. The molecule has 2 rings (SSSR count). The van der Waals surface area contributed by atoms with E-state index in [1.807, 2.05) is 4.90 Å². The average Bonchev–Trinajstić information content (AvgIpc) is 3.24. The van der Waals surface area contributed by atoms with Crippen molar-refractivity contribution in [1.29, 1.82) is 0 Å². The van der Waals surface area contributed by atoms with Crippen LogP contribution >= 0.6 is 0 Å². The Morgan fingerprint density at radius 3 is 2.83 bits per heavy atom. The third-order valence-corrected chi connectivity index (χ3v) is 3.15. The molecule has 5 heteroatoms. The Kier molecular flexibility index (Phi) is 4.15. The van der Waals surface area contributed by atoms with Crippen LogP contribution in [-0.4, -0.2) is 28.4 Å². The number of nitrogens with one attached hydrogen (secondary N) is 1. The van der Waals surface area contributed by atoms with Gasteiger partial charge in [0.2, 0.25) is 0 Å². The molecular weight excluding hydrogens is 228 g/mol. The Morgan fingerprint density at radius 1 is 1.56 bits per heavy atom. The van der Waals surface area contributed by atoms with Gasteiger partial charge in [-0.3, -0.25) is 10.6 Å². The van der Waals surface area contributed by atoms with Gasteiger partial charge in [0, 0.05) is 12.6 Å². The molecule has 0 bridgehead atoms. The first-order valence-corrected chi connectivity index (χ1v) is 6.50. The molecule has 1 aliphatic rings. The Hall–Kier alpha value is -1.62. The van der Waals surface area contributed by atoms with Gasteiger partial charge in [-0.05, 0) is 31.4 Å². The molecule has 0 aromatic carbocycles. The highest BCUT2D eigenvalue weighted by molar-refractivity contribution is 5.92. The zero-order valence-electron chi connectivity index (χ0n) is 10.7. The number of aromatic nitrogens is 1. The van der Waals surface area contributed by atoms with Crippen LogP contribution in [0.4, 0.5) is 5.69 Å². The molecule has 0 saturated heterocycles. The number of anilines is 1. The molecule has 1 fully saturated rings. The maximum Gasteiger partial charge on any atom is 0.272 e. The monoisotopic (exact) mass is 248 g/mol. The van der Waals surface area contributed by atoms with Gasteiger partial charge < -0.3 is 10.3 Å². The normalized spacial score (nSPS) is 14.3. The molecule has 1 heterocycles. The topological polar surface area (TPSA) is 71.2 Å². The highest BCUT2D eigenvalue weighted by Crippen LogP contribution is 2.28. The van der Waals surface area contributed by atoms with Crippen LogP contribution in [0.1, 0.15) is 43.1 Å². The van der Waals surface area contributed by atoms with E-state index < -0.39 is 0 Å². The summed E-state index contributed by atoms with van der Waals surface area (Å²) in [6, 6.07) is 3.92. The summed E-state index contributed by atoms with van der Waals surface area (Å²) >= 11 is 0. The maximum absolute atomic E-state index is 12.3. The van der Waals surface area contributed by atoms with E-state index in [4.69, 9.17) is 5.84 Å². The lowest BCUT2D eigenvalue weighted by Crippen LogP contribution is -2.34. The second kappa shape index (κ2) is 5.82. The molecule has 18 heavy (non-hydrogen) atoms. The number of carbonyl (C=O) groups excluding carboxylic acids is 1. The van der Waals surface area contributed by atoms with E-state index in [2.05, 4.69) is 17.3 Å². The van der Waals surface area contributed by atoms with E-state index in [9.17, 15) is 4.79 Å². The first kappa shape index (κ1) is 12.8. The van der Waals surface area contributed by atoms with Crippen molar-refractivity contribution in [3.8, 4) is 0 Å². The molecule has 0 aliphatic heterocycles. The number of hydrogen-bond donors (Lipinski definition) is 2. The van der Waals surface area contributed by atoms with E-state index in [1.54, 1.807) is 18.3 Å². The Morgan fingerprint density at radius 2 is 2.33 bits per heavy atom. The van der Waals surface area contributed by atoms with Crippen molar-refractivity contribution < 1.29 is 4.79 Å². The SMILES string of the molecule is CCCCN(C(=O)c1ccc(NN)cn1)C1CC1. The standard InChI is InChI=1S/C13H20N4O/c1-2-3-8-17(11-5-6-11)13(18)12-7-4-10(16-14)9-15-12/h4,7,9,11,16H,2-3,5-6,8,14H2,1H3. The molecule has 0 radical (unpaired) electrons. The fraction of sp³-hybridized carbons (Fsp3) is 0.538. The van der Waals surface area contributed by atoms with Crippen molar-refractivity contribution >= 4 is 11.6 Å². The summed E-state index contributed by atoms with van der Waals surface area (Å²) in [5.74, 6) is 5.31. The van der Waals surface area contributed by atoms with E-state index in [1.165, 1.54) is 0 Å². The smallest absolute Gasteiger partial charge is 0.272 e. The number of nitrogens with zero attached hydrogens (tertiary/aromatic N) is 2. The lowest BCUT2D eigenvalue weighted by molar-refractivity contribution is 0.0735. The summed E-state index contributed by atoms with van der Waals surface area (Å²) in [5.41, 5.74) is 3.71. The maximum atomic E-state index is 12.3. The van der Waals surface area contributed by atoms with E-state index in [0.717, 1.165) is 32.2 Å². The van der Waals surface area contributed by atoms with Gasteiger partial charge in [-0.1, -0.05) is 13.3 Å². The number of unbranched alkanes of at least 4 members (excludes halogenated alkanes) is 1. The van der Waals surface area contributed by atoms with E-state index >= 15 is 0 Å². The van der Waals surface area contributed by atoms with Crippen LogP contribution < -0.4 is 11.3 Å². The predicted octanol–water partition coefficient (Wildman–Crippen LogP) is 1.77. The Bertz CT molecular complexity index is 400. The highest BCUT2D eigenvalue weighted by Gasteiger charge is 2.32. The quantitative estimate of drug-likeness (QED) is 0.594. The number of carbonyl (C=O) groups is 1. The molecule has 3 N–H and O–H groups in total. The molecule has 98 valence electrons. The largest absolute Gasteiger partial charge is 0.334 e. The van der Waals surface area contributed by atoms with Crippen molar-refractivity contribution in [2.45, 2.75) is 38.6 Å². The molecular formula is C13H20N4O. The third-order valence-electron chi connectivity index (χ3n) is 3.15. The van der Waals surface area contributed by atoms with Gasteiger partial charge in [0.15, 0.2) is 0 Å². The van der Waals surface area contributed by atoms with Crippen molar-refractivity contribution in [3.63, 3.8) is 0 Å². The number of amides is 1. The Labute approximate surface area is 107 Å². The van der Waals surface area contributed by atoms with Gasteiger partial charge in [-0.25, -0.2) is 4.98 Å². The average molecular weight is 248 g/mol. The lowest BCUT2D eigenvalue weighted by Gasteiger charge is -2.21. The molecule has 1 saturated carbocycles. The van der Waals surface area contributed by atoms with Crippen molar-refractivity contribution in [2.75, 3.05) is 12.0 Å². The lowest BCUT2D eigenvalue weighted by atomic mass is 10.2.